The van der Waals surface area contributed by atoms with E-state index in [4.69, 9.17) is 4.43 Å². The number of carbonyl (C=O) groups is 1. The van der Waals surface area contributed by atoms with E-state index in [0.717, 1.165) is 16.7 Å². The molecule has 2 atom stereocenters. The smallest absolute Gasteiger partial charge is 0.275 e. The summed E-state index contributed by atoms with van der Waals surface area (Å²) in [6.07, 6.45) is 0.690. The third-order valence-corrected chi connectivity index (χ3v) is 15.0. The van der Waals surface area contributed by atoms with Crippen LogP contribution < -0.4 is 4.43 Å². The molecule has 2 aromatic carbocycles. The Bertz CT molecular complexity index is 1240. The highest BCUT2D eigenvalue weighted by molar-refractivity contribution is 7.86. The zero-order chi connectivity index (χ0) is 28.0. The number of nitrogens with zero attached hydrogens (tertiary/aromatic N) is 1. The van der Waals surface area contributed by atoms with Crippen molar-refractivity contribution in [3.63, 3.8) is 0 Å². The van der Waals surface area contributed by atoms with Gasteiger partial charge in [-0.15, -0.1) is 0 Å². The lowest BCUT2D eigenvalue weighted by molar-refractivity contribution is 0.0782. The fourth-order valence-corrected chi connectivity index (χ4v) is 7.63. The first kappa shape index (κ1) is 29.4. The van der Waals surface area contributed by atoms with Gasteiger partial charge in [0.15, 0.2) is 0 Å². The topological polar surface area (TPSA) is 83.9 Å². The summed E-state index contributed by atoms with van der Waals surface area (Å²) in [7, 11) is -6.54. The fourth-order valence-electron chi connectivity index (χ4n) is 5.19. The molecular weight excluding hydrogens is 502 g/mol. The number of rotatable bonds is 7. The number of benzene rings is 2. The molecule has 1 aliphatic heterocycles. The van der Waals surface area contributed by atoms with Crippen LogP contribution in [0.2, 0.25) is 18.1 Å². The Morgan fingerprint density at radius 1 is 1.08 bits per heavy atom. The third-order valence-electron chi connectivity index (χ3n) is 8.82. The quantitative estimate of drug-likeness (QED) is 0.311. The van der Waals surface area contributed by atoms with Crippen molar-refractivity contribution in [2.45, 2.75) is 84.2 Å². The van der Waals surface area contributed by atoms with E-state index in [2.05, 4.69) is 33.9 Å². The monoisotopic (exact) mass is 545 g/mol. The molecule has 1 amide bonds. The van der Waals surface area contributed by atoms with E-state index < -0.39 is 29.1 Å². The molecule has 0 aromatic heterocycles. The largest absolute Gasteiger partial charge is 0.544 e. The van der Waals surface area contributed by atoms with Gasteiger partial charge in [0.05, 0.1) is 0 Å². The van der Waals surface area contributed by atoms with Gasteiger partial charge >= 0.3 is 0 Å². The van der Waals surface area contributed by atoms with E-state index in [1.165, 1.54) is 0 Å². The van der Waals surface area contributed by atoms with Crippen molar-refractivity contribution in [1.29, 1.82) is 0 Å². The van der Waals surface area contributed by atoms with Gasteiger partial charge in [-0.25, -0.2) is 0 Å². The molecule has 37 heavy (non-hydrogen) atoms. The van der Waals surface area contributed by atoms with Crippen molar-refractivity contribution >= 4 is 24.3 Å². The number of aryl methyl sites for hydroxylation is 2. The van der Waals surface area contributed by atoms with Crippen LogP contribution in [0.1, 0.15) is 73.1 Å². The van der Waals surface area contributed by atoms with Crippen molar-refractivity contribution < 1.29 is 22.2 Å². The summed E-state index contributed by atoms with van der Waals surface area (Å²) < 4.78 is 41.5. The standard InChI is InChI=1S/C29H43NO5SSi/c1-10-29(36(32,33)34,24-11-13-26(14-12-24)35-37(8,9)28(5,6)7)25-15-16-30(19-25)27(31)23-17-20(2)22(4)21(3)18-23/h11-14,17-18,25H,10,15-16,19H2,1-9H3,(H,32,33,34). The normalized spacial score (nSPS) is 18.5. The summed E-state index contributed by atoms with van der Waals surface area (Å²) in [6, 6.07) is 10.9. The molecule has 0 aliphatic carbocycles. The lowest BCUT2D eigenvalue weighted by atomic mass is 9.82. The Labute approximate surface area is 224 Å². The van der Waals surface area contributed by atoms with Crippen LogP contribution in [0.15, 0.2) is 36.4 Å². The second kappa shape index (κ2) is 10.2. The Hall–Kier alpha value is -2.16. The second-order valence-electron chi connectivity index (χ2n) is 12.1. The second-order valence-corrected chi connectivity index (χ2v) is 18.5. The summed E-state index contributed by atoms with van der Waals surface area (Å²) >= 11 is 0. The summed E-state index contributed by atoms with van der Waals surface area (Å²) in [5.41, 5.74) is 4.41. The lowest BCUT2D eigenvalue weighted by Gasteiger charge is -2.37. The van der Waals surface area contributed by atoms with Crippen molar-refractivity contribution in [2.24, 2.45) is 5.92 Å². The highest BCUT2D eigenvalue weighted by atomic mass is 32.2. The minimum Gasteiger partial charge on any atom is -0.544 e. The van der Waals surface area contributed by atoms with E-state index in [-0.39, 0.29) is 23.9 Å². The SMILES string of the molecule is CCC(c1ccc(O[Si](C)(C)C(C)(C)C)cc1)(C1CCN(C(=O)c2cc(C)c(C)c(C)c2)C1)S(=O)(=O)O. The van der Waals surface area contributed by atoms with Gasteiger partial charge in [-0.3, -0.25) is 9.35 Å². The van der Waals surface area contributed by atoms with Gasteiger partial charge in [0.2, 0.25) is 8.32 Å². The zero-order valence-electron chi connectivity index (χ0n) is 23.8. The van der Waals surface area contributed by atoms with Gasteiger partial charge in [-0.2, -0.15) is 8.42 Å². The first-order valence-electron chi connectivity index (χ1n) is 13.1. The highest BCUT2D eigenvalue weighted by Crippen LogP contribution is 2.46. The Morgan fingerprint density at radius 3 is 2.08 bits per heavy atom. The minimum atomic E-state index is -4.49. The molecule has 1 saturated heterocycles. The van der Waals surface area contributed by atoms with E-state index in [0.29, 0.717) is 29.8 Å². The molecule has 1 N–H and O–H groups in total. The molecule has 0 saturated carbocycles. The molecule has 1 fully saturated rings. The van der Waals surface area contributed by atoms with Crippen LogP contribution >= 0.6 is 0 Å². The lowest BCUT2D eigenvalue weighted by Crippen LogP contribution is -2.44. The molecule has 1 heterocycles. The van der Waals surface area contributed by atoms with Gasteiger partial charge in [-0.1, -0.05) is 39.8 Å². The average molecular weight is 546 g/mol. The molecular formula is C29H43NO5SSi. The van der Waals surface area contributed by atoms with Crippen molar-refractivity contribution in [2.75, 3.05) is 13.1 Å². The Balaban J connectivity index is 1.92. The number of hydrogen-bond acceptors (Lipinski definition) is 4. The molecule has 3 rings (SSSR count). The maximum atomic E-state index is 13.4. The van der Waals surface area contributed by atoms with E-state index >= 15 is 0 Å². The Morgan fingerprint density at radius 2 is 1.62 bits per heavy atom. The van der Waals surface area contributed by atoms with Crippen LogP contribution in [0.5, 0.6) is 5.75 Å². The highest BCUT2D eigenvalue weighted by Gasteiger charge is 2.52. The van der Waals surface area contributed by atoms with Crippen LogP contribution in [-0.4, -0.2) is 45.2 Å². The third kappa shape index (κ3) is 5.52. The summed E-state index contributed by atoms with van der Waals surface area (Å²) in [4.78, 5) is 15.1. The van der Waals surface area contributed by atoms with Crippen LogP contribution in [0.4, 0.5) is 0 Å². The van der Waals surface area contributed by atoms with Crippen LogP contribution in [0, 0.1) is 26.7 Å². The number of amides is 1. The Kier molecular flexibility index (Phi) is 8.10. The van der Waals surface area contributed by atoms with Gasteiger partial charge in [0.1, 0.15) is 10.5 Å². The summed E-state index contributed by atoms with van der Waals surface area (Å²) in [5, 5.41) is 0.0294. The molecule has 204 valence electrons. The van der Waals surface area contributed by atoms with Crippen LogP contribution in [-0.2, 0) is 14.9 Å². The predicted molar refractivity (Wildman–Crippen MR) is 152 cm³/mol. The summed E-state index contributed by atoms with van der Waals surface area (Å²) in [6.45, 7) is 19.3. The van der Waals surface area contributed by atoms with E-state index in [9.17, 15) is 17.8 Å². The zero-order valence-corrected chi connectivity index (χ0v) is 25.6. The molecule has 8 heteroatoms. The number of hydrogen-bond donors (Lipinski definition) is 1. The van der Waals surface area contributed by atoms with E-state index in [1.807, 2.05) is 32.9 Å². The first-order valence-corrected chi connectivity index (χ1v) is 17.4. The molecule has 6 nitrogen and oxygen atoms in total. The predicted octanol–water partition coefficient (Wildman–Crippen LogP) is 6.65. The van der Waals surface area contributed by atoms with Gasteiger partial charge < -0.3 is 9.33 Å². The van der Waals surface area contributed by atoms with Crippen molar-refractivity contribution in [1.82, 2.24) is 4.90 Å². The van der Waals surface area contributed by atoms with Crippen molar-refractivity contribution in [3.8, 4) is 5.75 Å². The average Bonchev–Trinajstić information content (AvgIpc) is 3.27. The minimum absolute atomic E-state index is 0.0294. The molecule has 2 unspecified atom stereocenters. The van der Waals surface area contributed by atoms with Crippen LogP contribution in [0.3, 0.4) is 0 Å². The van der Waals surface area contributed by atoms with Gasteiger partial charge in [0.25, 0.3) is 16.0 Å². The maximum absolute atomic E-state index is 13.4. The molecule has 0 radical (unpaired) electrons. The number of carbonyl (C=O) groups excluding carboxylic acids is 1. The molecule has 1 aliphatic rings. The maximum Gasteiger partial charge on any atom is 0.275 e. The first-order chi connectivity index (χ1) is 16.9. The molecule has 2 aromatic rings. The summed E-state index contributed by atoms with van der Waals surface area (Å²) in [5.74, 6) is 0.160. The van der Waals surface area contributed by atoms with Crippen molar-refractivity contribution in [3.05, 3.63) is 64.2 Å². The number of likely N-dealkylation sites (tertiary alicyclic amines) is 1. The van der Waals surface area contributed by atoms with E-state index in [1.54, 1.807) is 36.1 Å². The molecule has 0 spiro atoms. The molecule has 0 bridgehead atoms. The van der Waals surface area contributed by atoms with Gasteiger partial charge in [0, 0.05) is 24.6 Å². The van der Waals surface area contributed by atoms with Gasteiger partial charge in [-0.05, 0) is 98.3 Å². The van der Waals surface area contributed by atoms with Crippen LogP contribution in [0.25, 0.3) is 0 Å². The fraction of sp³-hybridized carbons (Fsp3) is 0.552.